The summed E-state index contributed by atoms with van der Waals surface area (Å²) < 4.78 is 6.34. The first-order valence-corrected chi connectivity index (χ1v) is 5.92. The van der Waals surface area contributed by atoms with Gasteiger partial charge in [0.15, 0.2) is 5.49 Å². The van der Waals surface area contributed by atoms with Crippen LogP contribution in [-0.4, -0.2) is 27.2 Å². The summed E-state index contributed by atoms with van der Waals surface area (Å²) in [4.78, 5) is 12.5. The molecule has 0 atom stereocenters. The Balaban J connectivity index is 2.72. The highest BCUT2D eigenvalue weighted by atomic mass is 32.1. The van der Waals surface area contributed by atoms with Gasteiger partial charge in [0.2, 0.25) is 10.7 Å². The zero-order valence-electron chi connectivity index (χ0n) is 9.72. The number of aromatic nitrogens is 3. The quantitative estimate of drug-likeness (QED) is 0.800. The lowest BCUT2D eigenvalue weighted by Gasteiger charge is -1.99. The number of hydrogen-bond donors (Lipinski definition) is 1. The average Bonchev–Trinajstić information content (AvgIpc) is 2.68. The van der Waals surface area contributed by atoms with Crippen molar-refractivity contribution in [1.29, 1.82) is 10.7 Å². The average molecular weight is 263 g/mol. The normalized spacial score (nSPS) is 10.3. The standard InChI is InChI=1S/C10H9N5O2S/c1-3-17-9(16)7-5(2)15-8(12)6(4-11)13-14-10(15)18-7/h12H,3H2,1-2H3. The van der Waals surface area contributed by atoms with E-state index in [-0.39, 0.29) is 17.8 Å². The van der Waals surface area contributed by atoms with E-state index in [1.54, 1.807) is 19.9 Å². The van der Waals surface area contributed by atoms with Gasteiger partial charge in [-0.2, -0.15) is 5.26 Å². The molecule has 0 saturated heterocycles. The number of esters is 1. The van der Waals surface area contributed by atoms with Gasteiger partial charge in [0.05, 0.1) is 6.61 Å². The number of fused-ring (bicyclic) bond motifs is 1. The molecule has 7 nitrogen and oxygen atoms in total. The molecule has 0 radical (unpaired) electrons. The summed E-state index contributed by atoms with van der Waals surface area (Å²) in [6, 6.07) is 1.78. The fourth-order valence-electron chi connectivity index (χ4n) is 1.49. The molecule has 0 aliphatic heterocycles. The minimum absolute atomic E-state index is 0.0770. The third kappa shape index (κ3) is 1.74. The molecule has 0 aliphatic rings. The summed E-state index contributed by atoms with van der Waals surface area (Å²) in [7, 11) is 0. The zero-order valence-corrected chi connectivity index (χ0v) is 10.5. The molecule has 1 N–H and O–H groups in total. The molecule has 92 valence electrons. The summed E-state index contributed by atoms with van der Waals surface area (Å²) in [5.74, 6) is -0.455. The first kappa shape index (κ1) is 12.2. The molecule has 2 aromatic rings. The van der Waals surface area contributed by atoms with Gasteiger partial charge in [0.25, 0.3) is 0 Å². The van der Waals surface area contributed by atoms with Gasteiger partial charge in [-0.05, 0) is 13.8 Å². The first-order chi connectivity index (χ1) is 8.60. The van der Waals surface area contributed by atoms with Crippen LogP contribution < -0.4 is 5.49 Å². The summed E-state index contributed by atoms with van der Waals surface area (Å²) in [6.45, 7) is 3.67. The summed E-state index contributed by atoms with van der Waals surface area (Å²) in [6.07, 6.45) is 0. The highest BCUT2D eigenvalue weighted by Crippen LogP contribution is 2.20. The number of nitrogens with one attached hydrogen (secondary N) is 1. The van der Waals surface area contributed by atoms with Crippen molar-refractivity contribution in [2.75, 3.05) is 6.61 Å². The molecule has 2 rings (SSSR count). The fourth-order valence-corrected chi connectivity index (χ4v) is 2.46. The fraction of sp³-hybridized carbons (Fsp3) is 0.300. The van der Waals surface area contributed by atoms with Crippen LogP contribution in [-0.2, 0) is 4.74 Å². The van der Waals surface area contributed by atoms with Crippen molar-refractivity contribution >= 4 is 22.3 Å². The molecule has 0 bridgehead atoms. The van der Waals surface area contributed by atoms with Crippen molar-refractivity contribution in [3.05, 3.63) is 21.8 Å². The van der Waals surface area contributed by atoms with Crippen molar-refractivity contribution in [2.45, 2.75) is 13.8 Å². The van der Waals surface area contributed by atoms with Crippen LogP contribution in [0.4, 0.5) is 0 Å². The van der Waals surface area contributed by atoms with Crippen LogP contribution in [0, 0.1) is 23.7 Å². The summed E-state index contributed by atoms with van der Waals surface area (Å²) in [5.41, 5.74) is 0.375. The smallest absolute Gasteiger partial charge is 0.350 e. The van der Waals surface area contributed by atoms with E-state index < -0.39 is 5.97 Å². The molecule has 0 fully saturated rings. The maximum Gasteiger partial charge on any atom is 0.350 e. The molecule has 0 saturated carbocycles. The number of hydrogen-bond acceptors (Lipinski definition) is 7. The molecule has 8 heteroatoms. The highest BCUT2D eigenvalue weighted by molar-refractivity contribution is 7.18. The number of nitriles is 1. The van der Waals surface area contributed by atoms with Crippen LogP contribution in [0.25, 0.3) is 4.96 Å². The van der Waals surface area contributed by atoms with E-state index >= 15 is 0 Å². The van der Waals surface area contributed by atoms with Gasteiger partial charge < -0.3 is 4.74 Å². The lowest BCUT2D eigenvalue weighted by atomic mass is 10.4. The van der Waals surface area contributed by atoms with E-state index in [1.807, 2.05) is 0 Å². The minimum atomic E-state index is -0.455. The van der Waals surface area contributed by atoms with Crippen molar-refractivity contribution in [1.82, 2.24) is 14.6 Å². The zero-order chi connectivity index (χ0) is 13.3. The van der Waals surface area contributed by atoms with Crippen molar-refractivity contribution in [3.63, 3.8) is 0 Å². The SMILES string of the molecule is CCOC(=O)c1sc2nnc(C#N)c(=N)n2c1C. The molecule has 18 heavy (non-hydrogen) atoms. The second kappa shape index (κ2) is 4.54. The second-order valence-electron chi connectivity index (χ2n) is 3.36. The monoisotopic (exact) mass is 263 g/mol. The van der Waals surface area contributed by atoms with Crippen LogP contribution in [0.5, 0.6) is 0 Å². The molecule has 0 spiro atoms. The molecule has 0 aliphatic carbocycles. The van der Waals surface area contributed by atoms with Crippen LogP contribution in [0.2, 0.25) is 0 Å². The highest BCUT2D eigenvalue weighted by Gasteiger charge is 2.18. The van der Waals surface area contributed by atoms with Gasteiger partial charge in [0, 0.05) is 5.69 Å². The van der Waals surface area contributed by atoms with E-state index in [9.17, 15) is 4.79 Å². The topological polar surface area (TPSA) is 104 Å². The summed E-state index contributed by atoms with van der Waals surface area (Å²) >= 11 is 1.09. The Hall–Kier alpha value is -2.27. The lowest BCUT2D eigenvalue weighted by molar-refractivity contribution is 0.0531. The van der Waals surface area contributed by atoms with Crippen molar-refractivity contribution < 1.29 is 9.53 Å². The van der Waals surface area contributed by atoms with E-state index in [4.69, 9.17) is 15.4 Å². The Labute approximate surface area is 106 Å². The molecule has 0 aromatic carbocycles. The number of rotatable bonds is 2. The van der Waals surface area contributed by atoms with Gasteiger partial charge in [-0.3, -0.25) is 9.81 Å². The predicted octanol–water partition coefficient (Wildman–Crippen LogP) is 0.627. The van der Waals surface area contributed by atoms with Crippen LogP contribution >= 0.6 is 11.3 Å². The Morgan fingerprint density at radius 3 is 2.94 bits per heavy atom. The molecular formula is C10H9N5O2S. The van der Waals surface area contributed by atoms with E-state index in [1.165, 1.54) is 4.40 Å². The molecule has 2 aromatic heterocycles. The van der Waals surface area contributed by atoms with Gasteiger partial charge in [0.1, 0.15) is 10.9 Å². The van der Waals surface area contributed by atoms with E-state index in [0.29, 0.717) is 15.5 Å². The Bertz CT molecular complexity index is 724. The third-order valence-electron chi connectivity index (χ3n) is 2.30. The minimum Gasteiger partial charge on any atom is -0.462 e. The molecule has 0 amide bonds. The largest absolute Gasteiger partial charge is 0.462 e. The van der Waals surface area contributed by atoms with Crippen LogP contribution in [0.1, 0.15) is 28.0 Å². The van der Waals surface area contributed by atoms with Crippen molar-refractivity contribution in [3.8, 4) is 6.07 Å². The number of carbonyl (C=O) groups excluding carboxylic acids is 1. The second-order valence-corrected chi connectivity index (χ2v) is 4.34. The molecular weight excluding hydrogens is 254 g/mol. The van der Waals surface area contributed by atoms with Crippen molar-refractivity contribution in [2.24, 2.45) is 0 Å². The van der Waals surface area contributed by atoms with Gasteiger partial charge in [-0.1, -0.05) is 11.3 Å². The Kier molecular flexibility index (Phi) is 3.08. The number of nitrogens with zero attached hydrogens (tertiary/aromatic N) is 4. The molecule has 2 heterocycles. The molecule has 0 unspecified atom stereocenters. The lowest BCUT2D eigenvalue weighted by Crippen LogP contribution is -2.20. The third-order valence-corrected chi connectivity index (χ3v) is 3.41. The van der Waals surface area contributed by atoms with Crippen LogP contribution in [0.15, 0.2) is 0 Å². The maximum absolute atomic E-state index is 11.7. The van der Waals surface area contributed by atoms with Gasteiger partial charge in [-0.25, -0.2) is 4.79 Å². The first-order valence-electron chi connectivity index (χ1n) is 5.10. The predicted molar refractivity (Wildman–Crippen MR) is 62.1 cm³/mol. The van der Waals surface area contributed by atoms with E-state index in [0.717, 1.165) is 11.3 Å². The Morgan fingerprint density at radius 2 is 2.33 bits per heavy atom. The van der Waals surface area contributed by atoms with Gasteiger partial charge >= 0.3 is 5.97 Å². The number of carbonyl (C=O) groups is 1. The Morgan fingerprint density at radius 1 is 1.61 bits per heavy atom. The van der Waals surface area contributed by atoms with E-state index in [2.05, 4.69) is 10.2 Å². The summed E-state index contributed by atoms with van der Waals surface area (Å²) in [5, 5.41) is 24.1. The maximum atomic E-state index is 11.7. The number of ether oxygens (including phenoxy) is 1. The van der Waals surface area contributed by atoms with Crippen LogP contribution in [0.3, 0.4) is 0 Å². The number of aryl methyl sites for hydroxylation is 1. The van der Waals surface area contributed by atoms with Gasteiger partial charge in [-0.15, -0.1) is 10.2 Å². The number of thiazole rings is 1.